The molecule has 0 spiro atoms. The van der Waals surface area contributed by atoms with Gasteiger partial charge in [0.1, 0.15) is 0 Å². The molecule has 0 bridgehead atoms. The Morgan fingerprint density at radius 3 is 2.63 bits per heavy atom. The molecule has 1 N–H and O–H groups in total. The van der Waals surface area contributed by atoms with Gasteiger partial charge in [-0.15, -0.1) is 0 Å². The molecule has 0 aliphatic rings. The van der Waals surface area contributed by atoms with E-state index in [1.807, 2.05) is 31.2 Å². The molecule has 0 aliphatic carbocycles. The molecule has 0 amide bonds. The van der Waals surface area contributed by atoms with Crippen LogP contribution >= 0.6 is 0 Å². The minimum atomic E-state index is -0.735. The molecule has 2 aromatic rings. The lowest BCUT2D eigenvalue weighted by molar-refractivity contribution is -0.385. The highest BCUT2D eigenvalue weighted by molar-refractivity contribution is 5.41. The number of aryl methyl sites for hydroxylation is 1. The molecule has 0 heterocycles. The van der Waals surface area contributed by atoms with Crippen molar-refractivity contribution in [3.63, 3.8) is 0 Å². The highest BCUT2D eigenvalue weighted by atomic mass is 16.6. The van der Waals surface area contributed by atoms with Crippen LogP contribution in [0, 0.1) is 17.0 Å². The number of nitrogens with zero attached hydrogens (tertiary/aromatic N) is 1. The summed E-state index contributed by atoms with van der Waals surface area (Å²) in [6, 6.07) is 14.0. The van der Waals surface area contributed by atoms with Crippen LogP contribution in [-0.4, -0.2) is 10.0 Å². The zero-order valence-corrected chi connectivity index (χ0v) is 10.6. The average Bonchev–Trinajstić information content (AvgIpc) is 2.39. The van der Waals surface area contributed by atoms with Gasteiger partial charge in [-0.2, -0.15) is 0 Å². The van der Waals surface area contributed by atoms with Crippen LogP contribution in [0.5, 0.6) is 0 Å². The Hall–Kier alpha value is -2.20. The first-order valence-electron chi connectivity index (χ1n) is 6.05. The zero-order chi connectivity index (χ0) is 13.8. The Kier molecular flexibility index (Phi) is 3.92. The second-order valence-corrected chi connectivity index (χ2v) is 4.52. The standard InChI is InChI=1S/C15H15NO3/c1-11-5-4-7-13(9-11)15(17)10-12-6-2-3-8-14(12)16(18)19/h2-9,15,17H,10H2,1H3. The monoisotopic (exact) mass is 257 g/mol. The Labute approximate surface area is 111 Å². The van der Waals surface area contributed by atoms with Crippen molar-refractivity contribution in [2.45, 2.75) is 19.4 Å². The summed E-state index contributed by atoms with van der Waals surface area (Å²) in [5.41, 5.74) is 2.42. The number of nitro benzene ring substituents is 1. The molecule has 19 heavy (non-hydrogen) atoms. The van der Waals surface area contributed by atoms with E-state index in [1.54, 1.807) is 18.2 Å². The number of hydrogen-bond acceptors (Lipinski definition) is 3. The molecule has 1 atom stereocenters. The van der Waals surface area contributed by atoms with Gasteiger partial charge in [0, 0.05) is 18.1 Å². The molecule has 2 aromatic carbocycles. The average molecular weight is 257 g/mol. The van der Waals surface area contributed by atoms with Crippen molar-refractivity contribution in [2.75, 3.05) is 0 Å². The first-order chi connectivity index (χ1) is 9.08. The Morgan fingerprint density at radius 1 is 1.21 bits per heavy atom. The van der Waals surface area contributed by atoms with E-state index < -0.39 is 11.0 Å². The second-order valence-electron chi connectivity index (χ2n) is 4.52. The summed E-state index contributed by atoms with van der Waals surface area (Å²) in [6.07, 6.45) is -0.498. The molecular weight excluding hydrogens is 242 g/mol. The summed E-state index contributed by atoms with van der Waals surface area (Å²) in [5, 5.41) is 21.1. The van der Waals surface area contributed by atoms with Gasteiger partial charge in [-0.05, 0) is 12.5 Å². The first kappa shape index (κ1) is 13.2. The van der Waals surface area contributed by atoms with Crippen molar-refractivity contribution in [1.29, 1.82) is 0 Å². The van der Waals surface area contributed by atoms with Crippen molar-refractivity contribution in [2.24, 2.45) is 0 Å². The maximum atomic E-state index is 10.9. The van der Waals surface area contributed by atoms with Crippen LogP contribution in [0.15, 0.2) is 48.5 Å². The molecule has 4 heteroatoms. The van der Waals surface area contributed by atoms with Gasteiger partial charge in [-0.3, -0.25) is 10.1 Å². The number of para-hydroxylation sites is 1. The number of aliphatic hydroxyl groups excluding tert-OH is 1. The smallest absolute Gasteiger partial charge is 0.272 e. The summed E-state index contributed by atoms with van der Waals surface area (Å²) in [5.74, 6) is 0. The fourth-order valence-electron chi connectivity index (χ4n) is 2.07. The third-order valence-electron chi connectivity index (χ3n) is 3.03. The van der Waals surface area contributed by atoms with Crippen LogP contribution in [-0.2, 0) is 6.42 Å². The van der Waals surface area contributed by atoms with Crippen molar-refractivity contribution in [3.05, 3.63) is 75.3 Å². The van der Waals surface area contributed by atoms with Gasteiger partial charge in [0.25, 0.3) is 5.69 Å². The van der Waals surface area contributed by atoms with E-state index in [0.717, 1.165) is 11.1 Å². The minimum absolute atomic E-state index is 0.0502. The lowest BCUT2D eigenvalue weighted by Crippen LogP contribution is -2.04. The topological polar surface area (TPSA) is 63.4 Å². The summed E-state index contributed by atoms with van der Waals surface area (Å²) in [6.45, 7) is 1.95. The van der Waals surface area contributed by atoms with Crippen molar-refractivity contribution < 1.29 is 10.0 Å². The molecular formula is C15H15NO3. The maximum absolute atomic E-state index is 10.9. The molecule has 0 saturated carbocycles. The van der Waals surface area contributed by atoms with Gasteiger partial charge in [0.15, 0.2) is 0 Å². The third-order valence-corrected chi connectivity index (χ3v) is 3.03. The van der Waals surface area contributed by atoms with Crippen LogP contribution in [0.3, 0.4) is 0 Å². The van der Waals surface area contributed by atoms with Gasteiger partial charge >= 0.3 is 0 Å². The number of rotatable bonds is 4. The van der Waals surface area contributed by atoms with Gasteiger partial charge in [0.2, 0.25) is 0 Å². The van der Waals surface area contributed by atoms with Crippen LogP contribution in [0.4, 0.5) is 5.69 Å². The Bertz CT molecular complexity index is 595. The number of benzene rings is 2. The van der Waals surface area contributed by atoms with Gasteiger partial charge in [-0.1, -0.05) is 48.0 Å². The molecule has 0 saturated heterocycles. The molecule has 0 aliphatic heterocycles. The lowest BCUT2D eigenvalue weighted by Gasteiger charge is -2.11. The molecule has 2 rings (SSSR count). The maximum Gasteiger partial charge on any atom is 0.272 e. The number of aliphatic hydroxyl groups is 1. The van der Waals surface area contributed by atoms with E-state index in [-0.39, 0.29) is 12.1 Å². The highest BCUT2D eigenvalue weighted by Crippen LogP contribution is 2.25. The SMILES string of the molecule is Cc1cccc(C(O)Cc2ccccc2[N+](=O)[O-])c1. The lowest BCUT2D eigenvalue weighted by atomic mass is 9.99. The predicted octanol–water partition coefficient (Wildman–Crippen LogP) is 3.18. The molecule has 1 unspecified atom stereocenters. The molecule has 0 aromatic heterocycles. The van der Waals surface area contributed by atoms with E-state index in [0.29, 0.717) is 5.56 Å². The van der Waals surface area contributed by atoms with Crippen molar-refractivity contribution >= 4 is 5.69 Å². The van der Waals surface area contributed by atoms with E-state index in [4.69, 9.17) is 0 Å². The van der Waals surface area contributed by atoms with E-state index in [2.05, 4.69) is 0 Å². The normalized spacial score (nSPS) is 12.1. The van der Waals surface area contributed by atoms with Gasteiger partial charge in [-0.25, -0.2) is 0 Å². The molecule has 0 radical (unpaired) electrons. The van der Waals surface area contributed by atoms with E-state index >= 15 is 0 Å². The fourth-order valence-corrected chi connectivity index (χ4v) is 2.07. The quantitative estimate of drug-likeness (QED) is 0.675. The summed E-state index contributed by atoms with van der Waals surface area (Å²) in [4.78, 5) is 10.5. The molecule has 98 valence electrons. The van der Waals surface area contributed by atoms with Crippen molar-refractivity contribution in [1.82, 2.24) is 0 Å². The third kappa shape index (κ3) is 3.17. The number of hydrogen-bond donors (Lipinski definition) is 1. The summed E-state index contributed by atoms with van der Waals surface area (Å²) in [7, 11) is 0. The van der Waals surface area contributed by atoms with E-state index in [9.17, 15) is 15.2 Å². The first-order valence-corrected chi connectivity index (χ1v) is 6.05. The largest absolute Gasteiger partial charge is 0.388 e. The number of nitro groups is 1. The summed E-state index contributed by atoms with van der Waals surface area (Å²) < 4.78 is 0. The minimum Gasteiger partial charge on any atom is -0.388 e. The summed E-state index contributed by atoms with van der Waals surface area (Å²) >= 11 is 0. The van der Waals surface area contributed by atoms with E-state index in [1.165, 1.54) is 6.07 Å². The van der Waals surface area contributed by atoms with Gasteiger partial charge < -0.3 is 5.11 Å². The van der Waals surface area contributed by atoms with Crippen LogP contribution in [0.1, 0.15) is 22.8 Å². The van der Waals surface area contributed by atoms with Crippen LogP contribution in [0.2, 0.25) is 0 Å². The highest BCUT2D eigenvalue weighted by Gasteiger charge is 2.16. The molecule has 4 nitrogen and oxygen atoms in total. The fraction of sp³-hybridized carbons (Fsp3) is 0.200. The van der Waals surface area contributed by atoms with Crippen molar-refractivity contribution in [3.8, 4) is 0 Å². The Balaban J connectivity index is 2.24. The Morgan fingerprint density at radius 2 is 1.95 bits per heavy atom. The predicted molar refractivity (Wildman–Crippen MR) is 72.9 cm³/mol. The second kappa shape index (κ2) is 5.63. The van der Waals surface area contributed by atoms with Gasteiger partial charge in [0.05, 0.1) is 11.0 Å². The van der Waals surface area contributed by atoms with Crippen LogP contribution < -0.4 is 0 Å². The molecule has 0 fully saturated rings. The zero-order valence-electron chi connectivity index (χ0n) is 10.6. The van der Waals surface area contributed by atoms with Crippen LogP contribution in [0.25, 0.3) is 0 Å².